The van der Waals surface area contributed by atoms with Crippen LogP contribution in [0, 0.1) is 11.7 Å². The van der Waals surface area contributed by atoms with Crippen molar-refractivity contribution >= 4 is 0 Å². The van der Waals surface area contributed by atoms with E-state index in [1.807, 2.05) is 0 Å². The molecule has 1 saturated carbocycles. The van der Waals surface area contributed by atoms with Gasteiger partial charge in [-0.05, 0) is 37.4 Å². The Morgan fingerprint density at radius 1 is 1.30 bits per heavy atom. The van der Waals surface area contributed by atoms with E-state index in [9.17, 15) is 4.39 Å². The van der Waals surface area contributed by atoms with Gasteiger partial charge in [-0.15, -0.1) is 0 Å². The van der Waals surface area contributed by atoms with Crippen molar-refractivity contribution in [2.45, 2.75) is 31.6 Å². The molecular formula is C14H17FN4O. The molecule has 0 aliphatic heterocycles. The summed E-state index contributed by atoms with van der Waals surface area (Å²) in [4.78, 5) is 8.38. The highest BCUT2D eigenvalue weighted by atomic mass is 19.1. The first-order valence-electron chi connectivity index (χ1n) is 6.93. The number of nitrogens with two attached hydrogens (primary N) is 1. The molecule has 1 aliphatic carbocycles. The van der Waals surface area contributed by atoms with Gasteiger partial charge in [0.05, 0.1) is 6.20 Å². The minimum absolute atomic E-state index is 0.232. The lowest BCUT2D eigenvalue weighted by atomic mass is 9.79. The average Bonchev–Trinajstić information content (AvgIpc) is 2.97. The molecule has 2 unspecified atom stereocenters. The highest BCUT2D eigenvalue weighted by molar-refractivity contribution is 5.47. The van der Waals surface area contributed by atoms with Gasteiger partial charge in [0.2, 0.25) is 11.7 Å². The summed E-state index contributed by atoms with van der Waals surface area (Å²) in [6, 6.07) is 2.88. The molecule has 0 spiro atoms. The molecule has 2 N–H and O–H groups in total. The summed E-state index contributed by atoms with van der Waals surface area (Å²) < 4.78 is 18.2. The van der Waals surface area contributed by atoms with Crippen LogP contribution in [0.15, 0.2) is 22.9 Å². The first-order chi connectivity index (χ1) is 9.78. The van der Waals surface area contributed by atoms with Crippen LogP contribution in [0.2, 0.25) is 0 Å². The standard InChI is InChI=1S/C14H17FN4O/c15-10-5-6-12(17-8-10)13-18-14(20-19-13)11-4-2-1-3-9(11)7-16/h5-6,8-9,11H,1-4,7,16H2. The topological polar surface area (TPSA) is 77.8 Å². The van der Waals surface area contributed by atoms with Crippen LogP contribution in [-0.2, 0) is 0 Å². The first kappa shape index (κ1) is 13.2. The minimum Gasteiger partial charge on any atom is -0.339 e. The Labute approximate surface area is 116 Å². The first-order valence-corrected chi connectivity index (χ1v) is 6.93. The molecule has 0 aromatic carbocycles. The van der Waals surface area contributed by atoms with Crippen LogP contribution in [0.1, 0.15) is 37.5 Å². The summed E-state index contributed by atoms with van der Waals surface area (Å²) in [6.07, 6.45) is 5.65. The van der Waals surface area contributed by atoms with Gasteiger partial charge >= 0.3 is 0 Å². The van der Waals surface area contributed by atoms with Crippen LogP contribution in [-0.4, -0.2) is 21.7 Å². The van der Waals surface area contributed by atoms with Crippen molar-refractivity contribution in [2.75, 3.05) is 6.54 Å². The molecule has 1 aliphatic rings. The summed E-state index contributed by atoms with van der Waals surface area (Å²) in [5, 5.41) is 3.95. The molecule has 0 bridgehead atoms. The van der Waals surface area contributed by atoms with Crippen molar-refractivity contribution in [2.24, 2.45) is 11.7 Å². The number of hydrogen-bond acceptors (Lipinski definition) is 5. The molecule has 0 radical (unpaired) electrons. The third-order valence-corrected chi connectivity index (χ3v) is 3.93. The summed E-state index contributed by atoms with van der Waals surface area (Å²) >= 11 is 0. The van der Waals surface area contributed by atoms with Crippen molar-refractivity contribution in [1.82, 2.24) is 15.1 Å². The summed E-state index contributed by atoms with van der Waals surface area (Å²) in [5.41, 5.74) is 6.34. The lowest BCUT2D eigenvalue weighted by Crippen LogP contribution is -2.25. The Hall–Kier alpha value is -1.82. The highest BCUT2D eigenvalue weighted by Crippen LogP contribution is 2.36. The van der Waals surface area contributed by atoms with Crippen LogP contribution < -0.4 is 5.73 Å². The maximum atomic E-state index is 12.9. The predicted molar refractivity (Wildman–Crippen MR) is 71.2 cm³/mol. The highest BCUT2D eigenvalue weighted by Gasteiger charge is 2.30. The molecule has 1 fully saturated rings. The van der Waals surface area contributed by atoms with Crippen LogP contribution in [0.5, 0.6) is 0 Å². The van der Waals surface area contributed by atoms with Gasteiger partial charge in [-0.1, -0.05) is 18.0 Å². The number of rotatable bonds is 3. The second-order valence-electron chi connectivity index (χ2n) is 5.20. The van der Waals surface area contributed by atoms with Gasteiger partial charge in [0, 0.05) is 5.92 Å². The molecule has 20 heavy (non-hydrogen) atoms. The van der Waals surface area contributed by atoms with Gasteiger partial charge in [-0.2, -0.15) is 4.98 Å². The van der Waals surface area contributed by atoms with E-state index in [-0.39, 0.29) is 11.7 Å². The second-order valence-corrected chi connectivity index (χ2v) is 5.20. The van der Waals surface area contributed by atoms with E-state index in [0.717, 1.165) is 25.5 Å². The molecule has 106 valence electrons. The molecular weight excluding hydrogens is 259 g/mol. The zero-order valence-electron chi connectivity index (χ0n) is 11.1. The number of hydrogen-bond donors (Lipinski definition) is 1. The molecule has 2 aromatic heterocycles. The maximum absolute atomic E-state index is 12.9. The van der Waals surface area contributed by atoms with Crippen molar-refractivity contribution in [3.63, 3.8) is 0 Å². The number of pyridine rings is 1. The zero-order valence-corrected chi connectivity index (χ0v) is 11.1. The van der Waals surface area contributed by atoms with E-state index in [4.69, 9.17) is 10.3 Å². The Morgan fingerprint density at radius 3 is 2.90 bits per heavy atom. The van der Waals surface area contributed by atoms with E-state index >= 15 is 0 Å². The van der Waals surface area contributed by atoms with Gasteiger partial charge in [0.25, 0.3) is 0 Å². The van der Waals surface area contributed by atoms with Crippen LogP contribution in [0.3, 0.4) is 0 Å². The predicted octanol–water partition coefficient (Wildman–Crippen LogP) is 2.50. The number of halogens is 1. The largest absolute Gasteiger partial charge is 0.339 e. The van der Waals surface area contributed by atoms with Gasteiger partial charge in [0.15, 0.2) is 0 Å². The second kappa shape index (κ2) is 5.66. The molecule has 2 aromatic rings. The Balaban J connectivity index is 1.84. The fourth-order valence-electron chi connectivity index (χ4n) is 2.81. The van der Waals surface area contributed by atoms with E-state index in [1.165, 1.54) is 12.5 Å². The monoisotopic (exact) mass is 276 g/mol. The van der Waals surface area contributed by atoms with Crippen LogP contribution >= 0.6 is 0 Å². The third-order valence-electron chi connectivity index (χ3n) is 3.93. The summed E-state index contributed by atoms with van der Waals surface area (Å²) in [7, 11) is 0. The van der Waals surface area contributed by atoms with E-state index in [2.05, 4.69) is 15.1 Å². The molecule has 2 heterocycles. The SMILES string of the molecule is NCC1CCCCC1c1nc(-c2ccc(F)cn2)no1. The Morgan fingerprint density at radius 2 is 2.15 bits per heavy atom. The number of nitrogens with zero attached hydrogens (tertiary/aromatic N) is 3. The quantitative estimate of drug-likeness (QED) is 0.931. The lowest BCUT2D eigenvalue weighted by molar-refractivity contribution is 0.249. The van der Waals surface area contributed by atoms with Crippen molar-refractivity contribution in [1.29, 1.82) is 0 Å². The third kappa shape index (κ3) is 2.56. The molecule has 0 amide bonds. The van der Waals surface area contributed by atoms with Crippen molar-refractivity contribution in [3.05, 3.63) is 30.0 Å². The fourth-order valence-corrected chi connectivity index (χ4v) is 2.81. The number of aromatic nitrogens is 3. The van der Waals surface area contributed by atoms with Crippen LogP contribution in [0.25, 0.3) is 11.5 Å². The van der Waals surface area contributed by atoms with Crippen molar-refractivity contribution < 1.29 is 8.91 Å². The zero-order chi connectivity index (χ0) is 13.9. The molecule has 2 atom stereocenters. The van der Waals surface area contributed by atoms with Gasteiger partial charge in [-0.25, -0.2) is 9.37 Å². The molecule has 0 saturated heterocycles. The summed E-state index contributed by atoms with van der Waals surface area (Å²) in [5.74, 6) is 1.28. The molecule has 6 heteroatoms. The van der Waals surface area contributed by atoms with Crippen LogP contribution in [0.4, 0.5) is 4.39 Å². The average molecular weight is 276 g/mol. The molecule has 5 nitrogen and oxygen atoms in total. The smallest absolute Gasteiger partial charge is 0.230 e. The van der Waals surface area contributed by atoms with Crippen molar-refractivity contribution in [3.8, 4) is 11.5 Å². The Kier molecular flexibility index (Phi) is 3.73. The van der Waals surface area contributed by atoms with Gasteiger partial charge in [-0.3, -0.25) is 0 Å². The van der Waals surface area contributed by atoms with Gasteiger partial charge < -0.3 is 10.3 Å². The van der Waals surface area contributed by atoms with Gasteiger partial charge in [0.1, 0.15) is 11.5 Å². The fraction of sp³-hybridized carbons (Fsp3) is 0.500. The van der Waals surface area contributed by atoms with E-state index < -0.39 is 0 Å². The lowest BCUT2D eigenvalue weighted by Gasteiger charge is -2.27. The maximum Gasteiger partial charge on any atom is 0.230 e. The minimum atomic E-state index is -0.382. The summed E-state index contributed by atoms with van der Waals surface area (Å²) in [6.45, 7) is 0.636. The van der Waals surface area contributed by atoms with E-state index in [0.29, 0.717) is 29.9 Å². The normalized spacial score (nSPS) is 22.9. The Bertz CT molecular complexity index is 569. The van der Waals surface area contributed by atoms with E-state index in [1.54, 1.807) is 6.07 Å². The molecule has 3 rings (SSSR count).